The van der Waals surface area contributed by atoms with Gasteiger partial charge in [0.05, 0.1) is 5.75 Å². The van der Waals surface area contributed by atoms with E-state index in [2.05, 4.69) is 22.1 Å². The number of hydrogen-bond acceptors (Lipinski definition) is 4. The Morgan fingerprint density at radius 1 is 1.67 bits per heavy atom. The molecule has 7 heteroatoms. The van der Waals surface area contributed by atoms with Crippen molar-refractivity contribution in [3.05, 3.63) is 19.0 Å². The molecule has 1 rings (SSSR count). The van der Waals surface area contributed by atoms with E-state index in [4.69, 9.17) is 0 Å². The molecule has 0 fully saturated rings. The van der Waals surface area contributed by atoms with Gasteiger partial charge in [0, 0.05) is 0 Å². The molecule has 0 aliphatic heterocycles. The molecule has 1 aromatic heterocycles. The van der Waals surface area contributed by atoms with Gasteiger partial charge in [0.1, 0.15) is 5.10 Å². The largest absolute Gasteiger partial charge is 0.289 e. The van der Waals surface area contributed by atoms with Crippen LogP contribution in [0.1, 0.15) is 0 Å². The van der Waals surface area contributed by atoms with Gasteiger partial charge >= 0.3 is 0 Å². The van der Waals surface area contributed by atoms with Crippen LogP contribution in [-0.2, 0) is 15.7 Å². The fraction of sp³-hybridized carbons (Fsp3) is 0.400. The maximum Gasteiger partial charge on any atom is 0.289 e. The summed E-state index contributed by atoms with van der Waals surface area (Å²) < 4.78 is 23.5. The predicted octanol–water partition coefficient (Wildman–Crippen LogP) is -1.35. The molecule has 1 heterocycles. The van der Waals surface area contributed by atoms with Crippen molar-refractivity contribution in [3.8, 4) is 0 Å². The third kappa shape index (κ3) is 2.42. The molecule has 6 nitrogen and oxygen atoms in total. The Bertz CT molecular complexity index is 342. The van der Waals surface area contributed by atoms with Gasteiger partial charge < -0.3 is 0 Å². The molecule has 0 bridgehead atoms. The van der Waals surface area contributed by atoms with Crippen LogP contribution in [0.5, 0.6) is 0 Å². The van der Waals surface area contributed by atoms with Crippen molar-refractivity contribution in [1.29, 1.82) is 0 Å². The Balaban J connectivity index is 2.69. The topological polar surface area (TPSA) is 79.6 Å². The zero-order valence-corrected chi connectivity index (χ0v) is 7.16. The van der Waals surface area contributed by atoms with E-state index in [-0.39, 0.29) is 11.6 Å². The lowest BCUT2D eigenvalue weighted by Crippen LogP contribution is -2.39. The number of hydrogen-bond donors (Lipinski definition) is 1. The summed E-state index contributed by atoms with van der Waals surface area (Å²) in [5, 5.41) is 9.19. The summed E-state index contributed by atoms with van der Waals surface area (Å²) in [5.41, 5.74) is 0. The highest BCUT2D eigenvalue weighted by Gasteiger charge is 2.12. The molecular formula is C5H9N4O2S+. The van der Waals surface area contributed by atoms with Crippen molar-refractivity contribution in [2.24, 2.45) is 0 Å². The smallest absolute Gasteiger partial charge is 0.225 e. The minimum atomic E-state index is -3.12. The highest BCUT2D eigenvalue weighted by molar-refractivity contribution is 7.90. The Morgan fingerprint density at radius 3 is 2.92 bits per heavy atom. The van der Waals surface area contributed by atoms with Gasteiger partial charge in [-0.15, -0.1) is 11.3 Å². The molecule has 0 unspecified atom stereocenters. The van der Waals surface area contributed by atoms with Crippen molar-refractivity contribution in [2.75, 3.05) is 5.75 Å². The number of tetrazole rings is 1. The monoisotopic (exact) mass is 189 g/mol. The average Bonchev–Trinajstić information content (AvgIpc) is 2.38. The number of rotatable bonds is 4. The van der Waals surface area contributed by atoms with Crippen LogP contribution in [0.15, 0.2) is 19.0 Å². The molecule has 0 saturated heterocycles. The van der Waals surface area contributed by atoms with E-state index in [0.29, 0.717) is 0 Å². The Hall–Kier alpha value is -1.24. The van der Waals surface area contributed by atoms with Crippen molar-refractivity contribution >= 4 is 9.84 Å². The van der Waals surface area contributed by atoms with Gasteiger partial charge in [-0.05, 0) is 0 Å². The van der Waals surface area contributed by atoms with Gasteiger partial charge in [-0.2, -0.15) is 0 Å². The van der Waals surface area contributed by atoms with E-state index < -0.39 is 9.84 Å². The summed E-state index contributed by atoms with van der Waals surface area (Å²) in [4.78, 5) is 0. The van der Waals surface area contributed by atoms with E-state index in [0.717, 1.165) is 0 Å². The fourth-order valence-corrected chi connectivity index (χ4v) is 1.72. The summed E-state index contributed by atoms with van der Waals surface area (Å²) in [6, 6.07) is 0. The number of nitrogens with zero attached hydrogens (tertiary/aromatic N) is 3. The lowest BCUT2D eigenvalue weighted by atomic mass is 10.8. The van der Waals surface area contributed by atoms with Crippen molar-refractivity contribution < 1.29 is 13.1 Å². The molecule has 0 aromatic carbocycles. The van der Waals surface area contributed by atoms with Crippen molar-refractivity contribution in [1.82, 2.24) is 15.5 Å². The zero-order valence-electron chi connectivity index (χ0n) is 6.34. The van der Waals surface area contributed by atoms with Crippen LogP contribution < -0.4 is 4.68 Å². The van der Waals surface area contributed by atoms with Crippen LogP contribution in [0.3, 0.4) is 0 Å². The molecule has 66 valence electrons. The number of aromatic amines is 1. The summed E-state index contributed by atoms with van der Waals surface area (Å²) in [6.45, 7) is 3.35. The second-order valence-corrected chi connectivity index (χ2v) is 4.31. The van der Waals surface area contributed by atoms with Crippen LogP contribution >= 0.6 is 0 Å². The van der Waals surface area contributed by atoms with Crippen LogP contribution in [0, 0.1) is 0 Å². The van der Waals surface area contributed by atoms with Crippen molar-refractivity contribution in [2.45, 2.75) is 5.88 Å². The zero-order chi connectivity index (χ0) is 9.03. The highest BCUT2D eigenvalue weighted by Crippen LogP contribution is 1.88. The van der Waals surface area contributed by atoms with Gasteiger partial charge in [0.2, 0.25) is 0 Å². The molecule has 0 spiro atoms. The van der Waals surface area contributed by atoms with E-state index >= 15 is 0 Å². The van der Waals surface area contributed by atoms with Crippen LogP contribution in [-0.4, -0.2) is 29.7 Å². The number of sulfone groups is 1. The predicted molar refractivity (Wildman–Crippen MR) is 40.6 cm³/mol. The maximum absolute atomic E-state index is 11.1. The van der Waals surface area contributed by atoms with Gasteiger partial charge in [0.15, 0.2) is 20.9 Å². The molecule has 0 saturated carbocycles. The second kappa shape index (κ2) is 3.44. The van der Waals surface area contributed by atoms with Crippen LogP contribution in [0.2, 0.25) is 0 Å². The maximum atomic E-state index is 11.1. The van der Waals surface area contributed by atoms with Gasteiger partial charge in [0.25, 0.3) is 6.33 Å². The second-order valence-electron chi connectivity index (χ2n) is 2.23. The van der Waals surface area contributed by atoms with E-state index in [9.17, 15) is 8.42 Å². The van der Waals surface area contributed by atoms with Gasteiger partial charge in [-0.3, -0.25) is 0 Å². The normalized spacial score (nSPS) is 11.3. The first-order chi connectivity index (χ1) is 5.64. The molecule has 0 radical (unpaired) electrons. The van der Waals surface area contributed by atoms with Gasteiger partial charge in [-0.1, -0.05) is 11.3 Å². The summed E-state index contributed by atoms with van der Waals surface area (Å²) in [7, 11) is -3.12. The standard InChI is InChI=1S/C5H8N4O2S/c1-2-3-12(10,11)5-9-4-6-7-8-9/h2,4H,1,3,5H2/p+1. The first kappa shape index (κ1) is 8.85. The molecule has 1 aromatic rings. The lowest BCUT2D eigenvalue weighted by molar-refractivity contribution is -0.736. The first-order valence-electron chi connectivity index (χ1n) is 3.21. The minimum absolute atomic E-state index is 0.0426. The number of aromatic nitrogens is 4. The minimum Gasteiger partial charge on any atom is -0.225 e. The SMILES string of the molecule is C=CCS(=O)(=O)C[n+]1cnn[nH]1. The number of H-pyrrole nitrogens is 1. The van der Waals surface area contributed by atoms with E-state index in [1.54, 1.807) is 0 Å². The van der Waals surface area contributed by atoms with Crippen molar-refractivity contribution in [3.63, 3.8) is 0 Å². The lowest BCUT2D eigenvalue weighted by Gasteiger charge is -1.95. The summed E-state index contributed by atoms with van der Waals surface area (Å²) in [5.74, 6) is -0.189. The molecule has 1 N–H and O–H groups in total. The molecular weight excluding hydrogens is 180 g/mol. The third-order valence-electron chi connectivity index (χ3n) is 1.13. The van der Waals surface area contributed by atoms with Crippen LogP contribution in [0.4, 0.5) is 0 Å². The molecule has 0 aliphatic rings. The quantitative estimate of drug-likeness (QED) is 0.469. The molecule has 0 amide bonds. The molecule has 0 atom stereocenters. The van der Waals surface area contributed by atoms with E-state index in [1.165, 1.54) is 17.1 Å². The molecule has 0 aliphatic carbocycles. The Labute approximate surface area is 69.8 Å². The Kier molecular flexibility index (Phi) is 2.54. The Morgan fingerprint density at radius 2 is 2.42 bits per heavy atom. The van der Waals surface area contributed by atoms with Gasteiger partial charge in [-0.25, -0.2) is 8.42 Å². The van der Waals surface area contributed by atoms with E-state index in [1.807, 2.05) is 0 Å². The number of nitrogens with one attached hydrogen (secondary N) is 1. The summed E-state index contributed by atoms with van der Waals surface area (Å²) >= 11 is 0. The fourth-order valence-electron chi connectivity index (χ4n) is 0.704. The summed E-state index contributed by atoms with van der Waals surface area (Å²) in [6.07, 6.45) is 2.65. The van der Waals surface area contributed by atoms with Crippen LogP contribution in [0.25, 0.3) is 0 Å². The highest BCUT2D eigenvalue weighted by atomic mass is 32.2. The third-order valence-corrected chi connectivity index (χ3v) is 2.54. The average molecular weight is 189 g/mol. The molecule has 12 heavy (non-hydrogen) atoms. The first-order valence-corrected chi connectivity index (χ1v) is 5.03.